The first-order valence-electron chi connectivity index (χ1n) is 7.17. The summed E-state index contributed by atoms with van der Waals surface area (Å²) >= 11 is 0. The van der Waals surface area contributed by atoms with Gasteiger partial charge in [-0.15, -0.1) is 0 Å². The molecule has 5 N–H and O–H groups in total. The first-order chi connectivity index (χ1) is 11.5. The fourth-order valence-electron chi connectivity index (χ4n) is 1.73. The molecule has 8 nitrogen and oxygen atoms in total. The topological polar surface area (TPSA) is 123 Å². The minimum absolute atomic E-state index is 0.207. The lowest BCUT2D eigenvalue weighted by Crippen LogP contribution is -2.54. The van der Waals surface area contributed by atoms with Crippen molar-refractivity contribution in [3.8, 4) is 17.6 Å². The van der Waals surface area contributed by atoms with Crippen molar-refractivity contribution in [2.75, 3.05) is 20.3 Å². The van der Waals surface area contributed by atoms with Gasteiger partial charge in [-0.3, -0.25) is 14.8 Å². The number of benzene rings is 1. The lowest BCUT2D eigenvalue weighted by atomic mass is 10.1. The molecule has 0 saturated carbocycles. The monoisotopic (exact) mass is 335 g/mol. The maximum Gasteiger partial charge on any atom is 0.267 e. The van der Waals surface area contributed by atoms with E-state index in [1.54, 1.807) is 38.3 Å². The molecule has 0 aliphatic heterocycles. The fourth-order valence-corrected chi connectivity index (χ4v) is 1.73. The van der Waals surface area contributed by atoms with Gasteiger partial charge in [-0.2, -0.15) is 0 Å². The number of carbonyl (C=O) groups is 2. The van der Waals surface area contributed by atoms with Crippen molar-refractivity contribution in [1.82, 2.24) is 10.8 Å². The van der Waals surface area contributed by atoms with Crippen molar-refractivity contribution in [2.24, 2.45) is 5.73 Å². The SMILES string of the molecule is COCC#CCOc1ccc(C(=O)NC(C(=O)NO)C(C)N)cc1. The molecule has 2 atom stereocenters. The molecule has 0 aromatic heterocycles. The molecule has 24 heavy (non-hydrogen) atoms. The number of hydrogen-bond donors (Lipinski definition) is 4. The van der Waals surface area contributed by atoms with Gasteiger partial charge >= 0.3 is 0 Å². The Balaban J connectivity index is 2.63. The van der Waals surface area contributed by atoms with Crippen LogP contribution >= 0.6 is 0 Å². The summed E-state index contributed by atoms with van der Waals surface area (Å²) in [5.74, 6) is 4.80. The first kappa shape index (κ1) is 19.4. The smallest absolute Gasteiger partial charge is 0.267 e. The second-order valence-corrected chi connectivity index (χ2v) is 4.89. The number of nitrogens with one attached hydrogen (secondary N) is 2. The zero-order chi connectivity index (χ0) is 17.9. The van der Waals surface area contributed by atoms with Crippen LogP contribution in [0.25, 0.3) is 0 Å². The van der Waals surface area contributed by atoms with Crippen LogP contribution < -0.4 is 21.3 Å². The molecule has 0 aliphatic carbocycles. The molecule has 0 heterocycles. The Morgan fingerprint density at radius 1 is 1.25 bits per heavy atom. The highest BCUT2D eigenvalue weighted by Crippen LogP contribution is 2.12. The Hall–Kier alpha value is -2.60. The van der Waals surface area contributed by atoms with Gasteiger partial charge in [0, 0.05) is 18.7 Å². The van der Waals surface area contributed by atoms with Crippen molar-refractivity contribution in [2.45, 2.75) is 19.0 Å². The zero-order valence-corrected chi connectivity index (χ0v) is 13.5. The van der Waals surface area contributed by atoms with Crippen LogP contribution in [0.4, 0.5) is 0 Å². The van der Waals surface area contributed by atoms with Gasteiger partial charge in [0.25, 0.3) is 11.8 Å². The van der Waals surface area contributed by atoms with Crippen LogP contribution in [0, 0.1) is 11.8 Å². The van der Waals surface area contributed by atoms with Crippen LogP contribution in [0.1, 0.15) is 17.3 Å². The van der Waals surface area contributed by atoms with Crippen LogP contribution in [0.15, 0.2) is 24.3 Å². The van der Waals surface area contributed by atoms with E-state index < -0.39 is 23.9 Å². The second-order valence-electron chi connectivity index (χ2n) is 4.89. The van der Waals surface area contributed by atoms with Crippen LogP contribution in [0.5, 0.6) is 5.75 Å². The molecule has 2 amide bonds. The highest BCUT2D eigenvalue weighted by Gasteiger charge is 2.24. The Morgan fingerprint density at radius 2 is 1.88 bits per heavy atom. The van der Waals surface area contributed by atoms with Crippen molar-refractivity contribution in [1.29, 1.82) is 0 Å². The maximum absolute atomic E-state index is 12.1. The summed E-state index contributed by atoms with van der Waals surface area (Å²) in [6.07, 6.45) is 0. The van der Waals surface area contributed by atoms with E-state index in [9.17, 15) is 9.59 Å². The summed E-state index contributed by atoms with van der Waals surface area (Å²) in [4.78, 5) is 23.6. The minimum atomic E-state index is -1.05. The van der Waals surface area contributed by atoms with E-state index in [0.717, 1.165) is 0 Å². The molecule has 0 radical (unpaired) electrons. The van der Waals surface area contributed by atoms with E-state index in [-0.39, 0.29) is 6.61 Å². The second kappa shape index (κ2) is 10.2. The molecule has 1 rings (SSSR count). The van der Waals surface area contributed by atoms with Crippen LogP contribution in [-0.4, -0.2) is 49.4 Å². The lowest BCUT2D eigenvalue weighted by molar-refractivity contribution is -0.131. The Kier molecular flexibility index (Phi) is 8.29. The van der Waals surface area contributed by atoms with Gasteiger partial charge in [-0.05, 0) is 31.2 Å². The van der Waals surface area contributed by atoms with Crippen molar-refractivity contribution in [3.63, 3.8) is 0 Å². The summed E-state index contributed by atoms with van der Waals surface area (Å²) in [5.41, 5.74) is 7.42. The van der Waals surface area contributed by atoms with Crippen LogP contribution in [0.3, 0.4) is 0 Å². The standard InChI is InChI=1S/C16H21N3O5/c1-11(17)14(16(21)19-22)18-15(20)12-5-7-13(8-6-12)24-10-4-3-9-23-2/h5-8,11,14,22H,9-10,17H2,1-2H3,(H,18,20)(H,19,21). The Bertz CT molecular complexity index is 604. The molecule has 0 aliphatic rings. The highest BCUT2D eigenvalue weighted by atomic mass is 16.5. The van der Waals surface area contributed by atoms with Gasteiger partial charge in [-0.25, -0.2) is 5.48 Å². The molecule has 2 unspecified atom stereocenters. The molecule has 0 spiro atoms. The lowest BCUT2D eigenvalue weighted by Gasteiger charge is -2.20. The average Bonchev–Trinajstić information content (AvgIpc) is 2.58. The van der Waals surface area contributed by atoms with E-state index in [0.29, 0.717) is 17.9 Å². The van der Waals surface area contributed by atoms with Crippen LogP contribution in [-0.2, 0) is 9.53 Å². The first-order valence-corrected chi connectivity index (χ1v) is 7.17. The van der Waals surface area contributed by atoms with E-state index in [1.165, 1.54) is 5.48 Å². The highest BCUT2D eigenvalue weighted by molar-refractivity contribution is 5.97. The predicted molar refractivity (Wildman–Crippen MR) is 86.4 cm³/mol. The number of carbonyl (C=O) groups excluding carboxylic acids is 2. The molecule has 8 heteroatoms. The number of nitrogens with two attached hydrogens (primary N) is 1. The summed E-state index contributed by atoms with van der Waals surface area (Å²) in [7, 11) is 1.56. The van der Waals surface area contributed by atoms with Gasteiger partial charge in [-0.1, -0.05) is 11.8 Å². The molecular weight excluding hydrogens is 314 g/mol. The molecule has 0 fully saturated rings. The third kappa shape index (κ3) is 6.26. The van der Waals surface area contributed by atoms with E-state index in [4.69, 9.17) is 20.4 Å². The van der Waals surface area contributed by atoms with Crippen molar-refractivity contribution in [3.05, 3.63) is 29.8 Å². The van der Waals surface area contributed by atoms with Gasteiger partial charge in [0.2, 0.25) is 0 Å². The number of hydrogen-bond acceptors (Lipinski definition) is 6. The number of hydroxylamine groups is 1. The molecule has 130 valence electrons. The maximum atomic E-state index is 12.1. The molecule has 0 saturated heterocycles. The fraction of sp³-hybridized carbons (Fsp3) is 0.375. The summed E-state index contributed by atoms with van der Waals surface area (Å²) in [6.45, 7) is 2.09. The predicted octanol–water partition coefficient (Wildman–Crippen LogP) is -0.334. The summed E-state index contributed by atoms with van der Waals surface area (Å²) < 4.78 is 10.2. The van der Waals surface area contributed by atoms with E-state index in [1.807, 2.05) is 0 Å². The molecular formula is C16H21N3O5. The average molecular weight is 335 g/mol. The Morgan fingerprint density at radius 3 is 2.42 bits per heavy atom. The van der Waals surface area contributed by atoms with Gasteiger partial charge in [0.1, 0.15) is 25.0 Å². The van der Waals surface area contributed by atoms with Gasteiger partial charge in [0.15, 0.2) is 0 Å². The van der Waals surface area contributed by atoms with E-state index in [2.05, 4.69) is 17.2 Å². The van der Waals surface area contributed by atoms with E-state index >= 15 is 0 Å². The van der Waals surface area contributed by atoms with Gasteiger partial charge in [0.05, 0.1) is 0 Å². The largest absolute Gasteiger partial charge is 0.481 e. The molecule has 1 aromatic carbocycles. The van der Waals surface area contributed by atoms with Gasteiger partial charge < -0.3 is 20.5 Å². The normalized spacial score (nSPS) is 12.3. The Labute approximate surface area is 140 Å². The third-order valence-corrected chi connectivity index (χ3v) is 2.97. The zero-order valence-electron chi connectivity index (χ0n) is 13.5. The summed E-state index contributed by atoms with van der Waals surface area (Å²) in [6, 6.07) is 4.59. The van der Waals surface area contributed by atoms with Crippen LogP contribution in [0.2, 0.25) is 0 Å². The quantitative estimate of drug-likeness (QED) is 0.307. The number of ether oxygens (including phenoxy) is 2. The van der Waals surface area contributed by atoms with Crippen molar-refractivity contribution >= 4 is 11.8 Å². The number of methoxy groups -OCH3 is 1. The molecule has 1 aromatic rings. The molecule has 0 bridgehead atoms. The third-order valence-electron chi connectivity index (χ3n) is 2.97. The number of rotatable bonds is 7. The summed E-state index contributed by atoms with van der Waals surface area (Å²) in [5, 5.41) is 11.1. The number of amides is 2. The minimum Gasteiger partial charge on any atom is -0.481 e. The van der Waals surface area contributed by atoms with Crippen molar-refractivity contribution < 1.29 is 24.3 Å².